The maximum absolute atomic E-state index is 12.0. The summed E-state index contributed by atoms with van der Waals surface area (Å²) in [4.78, 5) is 35.9. The van der Waals surface area contributed by atoms with E-state index in [0.29, 0.717) is 12.8 Å². The fraction of sp³-hybridized carbons (Fsp3) is 0.308. The molecule has 0 spiro atoms. The number of unbranched alkanes of at least 4 members (excludes halogenated alkanes) is 1. The van der Waals surface area contributed by atoms with E-state index in [0.717, 1.165) is 4.90 Å². The first-order valence-corrected chi connectivity index (χ1v) is 5.90. The highest BCUT2D eigenvalue weighted by molar-refractivity contribution is 6.21. The first-order chi connectivity index (χ1) is 9.06. The molecule has 0 saturated carbocycles. The number of hydrogen-bond acceptors (Lipinski definition) is 4. The van der Waals surface area contributed by atoms with Gasteiger partial charge in [-0.25, -0.2) is 4.79 Å². The zero-order valence-electron chi connectivity index (χ0n) is 10.1. The van der Waals surface area contributed by atoms with Crippen LogP contribution in [-0.2, 0) is 0 Å². The van der Waals surface area contributed by atoms with E-state index < -0.39 is 17.8 Å². The highest BCUT2D eigenvalue weighted by Crippen LogP contribution is 2.24. The number of fused-ring (bicyclic) bond motifs is 1. The van der Waals surface area contributed by atoms with Crippen molar-refractivity contribution in [1.82, 2.24) is 4.90 Å². The zero-order chi connectivity index (χ0) is 14.0. The van der Waals surface area contributed by atoms with E-state index in [-0.39, 0.29) is 29.8 Å². The summed E-state index contributed by atoms with van der Waals surface area (Å²) in [7, 11) is 0. The lowest BCUT2D eigenvalue weighted by atomic mass is 10.1. The Balaban J connectivity index is 2.26. The number of carboxylic acid groups (broad SMARTS) is 1. The molecule has 1 aromatic rings. The molecule has 19 heavy (non-hydrogen) atoms. The Bertz CT molecular complexity index is 552. The summed E-state index contributed by atoms with van der Waals surface area (Å²) < 4.78 is 0. The smallest absolute Gasteiger partial charge is 0.335 e. The third kappa shape index (κ3) is 2.34. The minimum atomic E-state index is -1.14. The standard InChI is InChI=1S/C13H13NO5/c15-6-2-1-5-14-11(16)9-4-3-8(13(18)19)7-10(9)12(14)17/h3-4,7,15H,1-2,5-6H2,(H,18,19). The molecule has 6 nitrogen and oxygen atoms in total. The predicted octanol–water partition coefficient (Wildman–Crippen LogP) is 0.753. The van der Waals surface area contributed by atoms with Crippen LogP contribution in [0.25, 0.3) is 0 Å². The number of hydrogen-bond donors (Lipinski definition) is 2. The highest BCUT2D eigenvalue weighted by atomic mass is 16.4. The van der Waals surface area contributed by atoms with Crippen LogP contribution >= 0.6 is 0 Å². The molecule has 1 aliphatic rings. The van der Waals surface area contributed by atoms with Gasteiger partial charge in [-0.15, -0.1) is 0 Å². The van der Waals surface area contributed by atoms with Crippen molar-refractivity contribution in [3.05, 3.63) is 34.9 Å². The molecule has 0 saturated heterocycles. The predicted molar refractivity (Wildman–Crippen MR) is 65.1 cm³/mol. The van der Waals surface area contributed by atoms with Crippen molar-refractivity contribution in [2.75, 3.05) is 13.2 Å². The van der Waals surface area contributed by atoms with Gasteiger partial charge >= 0.3 is 5.97 Å². The van der Waals surface area contributed by atoms with Gasteiger partial charge in [0.25, 0.3) is 11.8 Å². The molecular weight excluding hydrogens is 250 g/mol. The molecule has 6 heteroatoms. The van der Waals surface area contributed by atoms with E-state index in [9.17, 15) is 14.4 Å². The molecule has 2 N–H and O–H groups in total. The van der Waals surface area contributed by atoms with Crippen molar-refractivity contribution in [3.8, 4) is 0 Å². The quantitative estimate of drug-likeness (QED) is 0.604. The first kappa shape index (κ1) is 13.2. The van der Waals surface area contributed by atoms with Crippen LogP contribution < -0.4 is 0 Å². The van der Waals surface area contributed by atoms with Crippen molar-refractivity contribution in [2.24, 2.45) is 0 Å². The Morgan fingerprint density at radius 2 is 1.79 bits per heavy atom. The Labute approximate surface area is 109 Å². The van der Waals surface area contributed by atoms with Crippen LogP contribution in [0.2, 0.25) is 0 Å². The molecule has 0 atom stereocenters. The van der Waals surface area contributed by atoms with Gasteiger partial charge in [-0.2, -0.15) is 0 Å². The average molecular weight is 263 g/mol. The third-order valence-corrected chi connectivity index (χ3v) is 3.01. The van der Waals surface area contributed by atoms with Crippen LogP contribution in [-0.4, -0.2) is 46.0 Å². The number of rotatable bonds is 5. The summed E-state index contributed by atoms with van der Waals surface area (Å²) in [6.45, 7) is 0.238. The Morgan fingerprint density at radius 3 is 2.42 bits per heavy atom. The van der Waals surface area contributed by atoms with E-state index in [1.807, 2.05) is 0 Å². The van der Waals surface area contributed by atoms with Gasteiger partial charge < -0.3 is 10.2 Å². The Hall–Kier alpha value is -2.21. The van der Waals surface area contributed by atoms with E-state index in [1.165, 1.54) is 18.2 Å². The molecule has 1 aliphatic heterocycles. The van der Waals surface area contributed by atoms with Crippen LogP contribution in [0.1, 0.15) is 43.9 Å². The minimum Gasteiger partial charge on any atom is -0.478 e. The SMILES string of the molecule is O=C(O)c1ccc2c(c1)C(=O)N(CCCCO)C2=O. The molecule has 2 amide bonds. The second-order valence-electron chi connectivity index (χ2n) is 4.26. The molecule has 2 rings (SSSR count). The number of benzene rings is 1. The molecular formula is C13H13NO5. The number of carbonyl (C=O) groups excluding carboxylic acids is 2. The van der Waals surface area contributed by atoms with Crippen molar-refractivity contribution in [1.29, 1.82) is 0 Å². The van der Waals surface area contributed by atoms with Crippen molar-refractivity contribution in [3.63, 3.8) is 0 Å². The maximum Gasteiger partial charge on any atom is 0.335 e. The molecule has 0 fully saturated rings. The number of carboxylic acids is 1. The summed E-state index contributed by atoms with van der Waals surface area (Å²) in [6.07, 6.45) is 1.03. The maximum atomic E-state index is 12.0. The van der Waals surface area contributed by atoms with Gasteiger partial charge in [0.15, 0.2) is 0 Å². The summed E-state index contributed by atoms with van der Waals surface area (Å²) in [5, 5.41) is 17.6. The normalized spacial score (nSPS) is 13.8. The molecule has 0 aromatic heterocycles. The first-order valence-electron chi connectivity index (χ1n) is 5.90. The van der Waals surface area contributed by atoms with Crippen LogP contribution in [0.15, 0.2) is 18.2 Å². The van der Waals surface area contributed by atoms with Crippen molar-refractivity contribution in [2.45, 2.75) is 12.8 Å². The second kappa shape index (κ2) is 5.19. The van der Waals surface area contributed by atoms with Crippen LogP contribution in [0.5, 0.6) is 0 Å². The average Bonchev–Trinajstić information content (AvgIpc) is 2.63. The van der Waals surface area contributed by atoms with Crippen LogP contribution in [0.3, 0.4) is 0 Å². The van der Waals surface area contributed by atoms with E-state index in [1.54, 1.807) is 0 Å². The van der Waals surface area contributed by atoms with E-state index in [2.05, 4.69) is 0 Å². The summed E-state index contributed by atoms with van der Waals surface area (Å²) in [6, 6.07) is 3.90. The lowest BCUT2D eigenvalue weighted by Crippen LogP contribution is -2.30. The number of aliphatic hydroxyl groups is 1. The molecule has 0 radical (unpaired) electrons. The van der Waals surface area contributed by atoms with Gasteiger partial charge in [0.1, 0.15) is 0 Å². The van der Waals surface area contributed by atoms with Gasteiger partial charge in [-0.05, 0) is 31.0 Å². The molecule has 100 valence electrons. The topological polar surface area (TPSA) is 94.9 Å². The monoisotopic (exact) mass is 263 g/mol. The zero-order valence-corrected chi connectivity index (χ0v) is 10.1. The summed E-state index contributed by atoms with van der Waals surface area (Å²) >= 11 is 0. The molecule has 1 heterocycles. The second-order valence-corrected chi connectivity index (χ2v) is 4.26. The molecule has 0 bridgehead atoms. The van der Waals surface area contributed by atoms with Gasteiger partial charge in [0.2, 0.25) is 0 Å². The van der Waals surface area contributed by atoms with Crippen molar-refractivity contribution >= 4 is 17.8 Å². The number of aromatic carboxylic acids is 1. The molecule has 1 aromatic carbocycles. The Kier molecular flexibility index (Phi) is 3.62. The van der Waals surface area contributed by atoms with Gasteiger partial charge in [0, 0.05) is 13.2 Å². The van der Waals surface area contributed by atoms with E-state index in [4.69, 9.17) is 10.2 Å². The lowest BCUT2D eigenvalue weighted by molar-refractivity contribution is 0.0647. The summed E-state index contributed by atoms with van der Waals surface area (Å²) in [5.41, 5.74) is 0.352. The summed E-state index contributed by atoms with van der Waals surface area (Å²) in [5.74, 6) is -2.02. The fourth-order valence-electron chi connectivity index (χ4n) is 2.01. The van der Waals surface area contributed by atoms with Crippen molar-refractivity contribution < 1.29 is 24.6 Å². The van der Waals surface area contributed by atoms with Gasteiger partial charge in [-0.3, -0.25) is 14.5 Å². The van der Waals surface area contributed by atoms with Crippen LogP contribution in [0, 0.1) is 0 Å². The number of carbonyl (C=O) groups is 3. The largest absolute Gasteiger partial charge is 0.478 e. The lowest BCUT2D eigenvalue weighted by Gasteiger charge is -2.12. The van der Waals surface area contributed by atoms with Gasteiger partial charge in [-0.1, -0.05) is 0 Å². The van der Waals surface area contributed by atoms with E-state index >= 15 is 0 Å². The third-order valence-electron chi connectivity index (χ3n) is 3.01. The molecule has 0 unspecified atom stereocenters. The Morgan fingerprint density at radius 1 is 1.11 bits per heavy atom. The molecule has 0 aliphatic carbocycles. The minimum absolute atomic E-state index is 0.00628. The highest BCUT2D eigenvalue weighted by Gasteiger charge is 2.35. The van der Waals surface area contributed by atoms with Gasteiger partial charge in [0.05, 0.1) is 16.7 Å². The fourth-order valence-corrected chi connectivity index (χ4v) is 2.01. The number of imide groups is 1. The number of amides is 2. The van der Waals surface area contributed by atoms with Crippen LogP contribution in [0.4, 0.5) is 0 Å². The number of aliphatic hydroxyl groups excluding tert-OH is 1. The number of nitrogens with zero attached hydrogens (tertiary/aromatic N) is 1.